The first-order valence-electron chi connectivity index (χ1n) is 5.97. The quantitative estimate of drug-likeness (QED) is 0.824. The third kappa shape index (κ3) is 3.26. The lowest BCUT2D eigenvalue weighted by Crippen LogP contribution is -2.27. The minimum absolute atomic E-state index is 0.241. The number of ether oxygens (including phenoxy) is 1. The summed E-state index contributed by atoms with van der Waals surface area (Å²) in [5.41, 5.74) is 0.758. The summed E-state index contributed by atoms with van der Waals surface area (Å²) in [5.74, 6) is 0.578. The zero-order chi connectivity index (χ0) is 14.8. The Morgan fingerprint density at radius 1 is 1.40 bits per heavy atom. The number of thiophene rings is 1. The molecule has 2 heterocycles. The summed E-state index contributed by atoms with van der Waals surface area (Å²) in [6.45, 7) is 4.15. The zero-order valence-corrected chi connectivity index (χ0v) is 13.1. The molecule has 8 heteroatoms. The highest BCUT2D eigenvalue weighted by molar-refractivity contribution is 7.89. The summed E-state index contributed by atoms with van der Waals surface area (Å²) in [7, 11) is -2.00. The van der Waals surface area contributed by atoms with Gasteiger partial charge in [-0.2, -0.15) is 0 Å². The summed E-state index contributed by atoms with van der Waals surface area (Å²) < 4.78 is 36.8. The highest BCUT2D eigenvalue weighted by atomic mass is 32.2. The molecular weight excluding hydrogens is 300 g/mol. The number of aromatic nitrogens is 1. The molecule has 0 atom stereocenters. The van der Waals surface area contributed by atoms with Crippen molar-refractivity contribution in [1.82, 2.24) is 9.88 Å². The fraction of sp³-hybridized carbons (Fsp3) is 0.417. The van der Waals surface area contributed by atoms with Gasteiger partial charge in [-0.3, -0.25) is 0 Å². The second-order valence-electron chi connectivity index (χ2n) is 4.25. The van der Waals surface area contributed by atoms with Crippen molar-refractivity contribution < 1.29 is 17.7 Å². The van der Waals surface area contributed by atoms with Gasteiger partial charge in [-0.15, -0.1) is 11.3 Å². The van der Waals surface area contributed by atoms with Crippen molar-refractivity contribution in [2.24, 2.45) is 0 Å². The van der Waals surface area contributed by atoms with Gasteiger partial charge < -0.3 is 9.26 Å². The van der Waals surface area contributed by atoms with Gasteiger partial charge in [0.2, 0.25) is 10.0 Å². The van der Waals surface area contributed by atoms with E-state index in [9.17, 15) is 8.42 Å². The summed E-state index contributed by atoms with van der Waals surface area (Å²) in [6.07, 6.45) is 0. The summed E-state index contributed by atoms with van der Waals surface area (Å²) >= 11 is 1.36. The Hall–Kier alpha value is -1.22. The standard InChI is InChI=1S/C12H16N2O4S2/c1-8-6-10(18-14-8)11-7-12(9(2)19-11)20(15,16)13-4-5-17-3/h6-7,13H,4-5H2,1-3H3. The summed E-state index contributed by atoms with van der Waals surface area (Å²) in [4.78, 5) is 1.72. The topological polar surface area (TPSA) is 81.4 Å². The molecule has 0 aliphatic heterocycles. The Kier molecular flexibility index (Phi) is 4.59. The maximum atomic E-state index is 12.2. The third-order valence-corrected chi connectivity index (χ3v) is 5.41. The lowest BCUT2D eigenvalue weighted by molar-refractivity contribution is 0.204. The van der Waals surface area contributed by atoms with Crippen LogP contribution >= 0.6 is 11.3 Å². The van der Waals surface area contributed by atoms with Crippen LogP contribution in [-0.2, 0) is 14.8 Å². The van der Waals surface area contributed by atoms with E-state index >= 15 is 0 Å². The van der Waals surface area contributed by atoms with E-state index in [2.05, 4.69) is 9.88 Å². The van der Waals surface area contributed by atoms with Crippen molar-refractivity contribution in [3.8, 4) is 10.6 Å². The smallest absolute Gasteiger partial charge is 0.241 e. The molecule has 0 fully saturated rings. The minimum Gasteiger partial charge on any atom is -0.383 e. The Morgan fingerprint density at radius 3 is 2.75 bits per heavy atom. The van der Waals surface area contributed by atoms with Crippen LogP contribution in [-0.4, -0.2) is 33.8 Å². The molecule has 0 amide bonds. The van der Waals surface area contributed by atoms with E-state index in [1.165, 1.54) is 18.4 Å². The zero-order valence-electron chi connectivity index (χ0n) is 11.5. The van der Waals surface area contributed by atoms with Crippen molar-refractivity contribution in [3.63, 3.8) is 0 Å². The molecular formula is C12H16N2O4S2. The first-order valence-corrected chi connectivity index (χ1v) is 8.26. The van der Waals surface area contributed by atoms with Gasteiger partial charge in [-0.1, -0.05) is 5.16 Å². The molecule has 2 rings (SSSR count). The van der Waals surface area contributed by atoms with Crippen molar-refractivity contribution in [1.29, 1.82) is 0 Å². The van der Waals surface area contributed by atoms with Crippen LogP contribution in [0.25, 0.3) is 10.6 Å². The Morgan fingerprint density at radius 2 is 2.15 bits per heavy atom. The summed E-state index contributed by atoms with van der Waals surface area (Å²) in [5, 5.41) is 3.80. The molecule has 2 aromatic heterocycles. The second-order valence-corrected chi connectivity index (χ2v) is 7.25. The number of aryl methyl sites for hydroxylation is 2. The van der Waals surface area contributed by atoms with Crippen LogP contribution < -0.4 is 4.72 Å². The van der Waals surface area contributed by atoms with Crippen molar-refractivity contribution >= 4 is 21.4 Å². The fourth-order valence-corrected chi connectivity index (χ4v) is 4.24. The molecule has 0 aliphatic rings. The average Bonchev–Trinajstić information content (AvgIpc) is 2.96. The van der Waals surface area contributed by atoms with Crippen LogP contribution in [0.15, 0.2) is 21.6 Å². The van der Waals surface area contributed by atoms with Gasteiger partial charge in [0, 0.05) is 24.6 Å². The van der Waals surface area contributed by atoms with Crippen LogP contribution in [0.2, 0.25) is 0 Å². The van der Waals surface area contributed by atoms with Crippen LogP contribution in [0.4, 0.5) is 0 Å². The molecule has 2 aromatic rings. The van der Waals surface area contributed by atoms with E-state index in [1.807, 2.05) is 6.92 Å². The number of hydrogen-bond acceptors (Lipinski definition) is 6. The van der Waals surface area contributed by atoms with Crippen LogP contribution in [0, 0.1) is 13.8 Å². The normalized spacial score (nSPS) is 11.9. The first kappa shape index (κ1) is 15.2. The highest BCUT2D eigenvalue weighted by Crippen LogP contribution is 2.33. The molecule has 0 saturated carbocycles. The molecule has 0 spiro atoms. The molecule has 0 radical (unpaired) electrons. The second kappa shape index (κ2) is 6.04. The van der Waals surface area contributed by atoms with Crippen molar-refractivity contribution in [3.05, 3.63) is 22.7 Å². The van der Waals surface area contributed by atoms with Crippen LogP contribution in [0.5, 0.6) is 0 Å². The largest absolute Gasteiger partial charge is 0.383 e. The van der Waals surface area contributed by atoms with E-state index in [-0.39, 0.29) is 11.4 Å². The van der Waals surface area contributed by atoms with E-state index in [4.69, 9.17) is 9.26 Å². The molecule has 6 nitrogen and oxygen atoms in total. The first-order chi connectivity index (χ1) is 9.44. The van der Waals surface area contributed by atoms with Gasteiger partial charge in [-0.25, -0.2) is 13.1 Å². The Bertz CT molecular complexity index is 688. The average molecular weight is 316 g/mol. The Balaban J connectivity index is 2.27. The van der Waals surface area contributed by atoms with Crippen molar-refractivity contribution in [2.75, 3.05) is 20.3 Å². The maximum Gasteiger partial charge on any atom is 0.241 e. The van der Waals surface area contributed by atoms with Gasteiger partial charge >= 0.3 is 0 Å². The van der Waals surface area contributed by atoms with Crippen LogP contribution in [0.1, 0.15) is 10.6 Å². The number of nitrogens with zero attached hydrogens (tertiary/aromatic N) is 1. The van der Waals surface area contributed by atoms with Gasteiger partial charge in [0.05, 0.1) is 22.1 Å². The molecule has 0 aliphatic carbocycles. The van der Waals surface area contributed by atoms with Crippen molar-refractivity contribution in [2.45, 2.75) is 18.7 Å². The Labute approximate surface area is 121 Å². The lowest BCUT2D eigenvalue weighted by Gasteiger charge is -2.04. The molecule has 1 N–H and O–H groups in total. The SMILES string of the molecule is COCCNS(=O)(=O)c1cc(-c2cc(C)no2)sc1C. The van der Waals surface area contributed by atoms with Gasteiger partial charge in [0.1, 0.15) is 0 Å². The fourth-order valence-electron chi connectivity index (χ4n) is 1.69. The third-order valence-electron chi connectivity index (χ3n) is 2.63. The molecule has 0 unspecified atom stereocenters. The van der Waals surface area contributed by atoms with E-state index in [0.717, 1.165) is 10.6 Å². The van der Waals surface area contributed by atoms with Gasteiger partial charge in [0.15, 0.2) is 5.76 Å². The van der Waals surface area contributed by atoms with E-state index in [1.54, 1.807) is 19.1 Å². The van der Waals surface area contributed by atoms with Gasteiger partial charge in [-0.05, 0) is 19.9 Å². The maximum absolute atomic E-state index is 12.2. The minimum atomic E-state index is -3.53. The number of sulfonamides is 1. The highest BCUT2D eigenvalue weighted by Gasteiger charge is 2.21. The predicted molar refractivity (Wildman–Crippen MR) is 76.4 cm³/mol. The number of hydrogen-bond donors (Lipinski definition) is 1. The predicted octanol–water partition coefficient (Wildman–Crippen LogP) is 1.94. The lowest BCUT2D eigenvalue weighted by atomic mass is 10.3. The summed E-state index contributed by atoms with van der Waals surface area (Å²) in [6, 6.07) is 3.38. The molecule has 110 valence electrons. The molecule has 0 saturated heterocycles. The molecule has 0 aromatic carbocycles. The van der Waals surface area contributed by atoms with Crippen LogP contribution in [0.3, 0.4) is 0 Å². The molecule has 0 bridgehead atoms. The van der Waals surface area contributed by atoms with E-state index < -0.39 is 10.0 Å². The monoisotopic (exact) mass is 316 g/mol. The number of methoxy groups -OCH3 is 1. The van der Waals surface area contributed by atoms with E-state index in [0.29, 0.717) is 17.2 Å². The number of rotatable bonds is 6. The van der Waals surface area contributed by atoms with Gasteiger partial charge in [0.25, 0.3) is 0 Å². The molecule has 20 heavy (non-hydrogen) atoms. The number of nitrogens with one attached hydrogen (secondary N) is 1.